The number of aliphatic hydroxyl groups is 1. The Morgan fingerprint density at radius 1 is 1.24 bits per heavy atom. The molecule has 2 heterocycles. The summed E-state index contributed by atoms with van der Waals surface area (Å²) in [5, 5.41) is 12.7. The van der Waals surface area contributed by atoms with Crippen LogP contribution in [-0.2, 0) is 6.18 Å². The summed E-state index contributed by atoms with van der Waals surface area (Å²) in [6.45, 7) is 5.19. The number of oxazole rings is 1. The minimum atomic E-state index is -4.63. The Hall–Kier alpha value is -3.18. The molecule has 0 radical (unpaired) electrons. The highest BCUT2D eigenvalue weighted by molar-refractivity contribution is 5.98. The van der Waals surface area contributed by atoms with E-state index in [0.29, 0.717) is 10.9 Å². The van der Waals surface area contributed by atoms with Gasteiger partial charge in [-0.15, -0.1) is 0 Å². The second kappa shape index (κ2) is 9.98. The first-order chi connectivity index (χ1) is 16.0. The fraction of sp³-hybridized carbons (Fsp3) is 0.435. The number of pyridine rings is 1. The van der Waals surface area contributed by atoms with Gasteiger partial charge in [0.25, 0.3) is 5.91 Å². The van der Waals surface area contributed by atoms with Gasteiger partial charge >= 0.3 is 6.18 Å². The first-order valence-electron chi connectivity index (χ1n) is 10.7. The van der Waals surface area contributed by atoms with Gasteiger partial charge in [0.05, 0.1) is 25.8 Å². The Balaban J connectivity index is 2.12. The van der Waals surface area contributed by atoms with Gasteiger partial charge in [0.15, 0.2) is 11.5 Å². The molecular weight excluding hydrogens is 453 g/mol. The van der Waals surface area contributed by atoms with Crippen molar-refractivity contribution in [2.24, 2.45) is 11.7 Å². The Kier molecular flexibility index (Phi) is 7.47. The molecule has 4 N–H and O–H groups in total. The average molecular weight is 480 g/mol. The summed E-state index contributed by atoms with van der Waals surface area (Å²) < 4.78 is 50.6. The molecule has 0 aliphatic rings. The normalized spacial score (nSPS) is 14.6. The summed E-state index contributed by atoms with van der Waals surface area (Å²) in [7, 11) is 1.33. The molecule has 2 aromatic heterocycles. The van der Waals surface area contributed by atoms with Gasteiger partial charge in [-0.2, -0.15) is 13.2 Å². The van der Waals surface area contributed by atoms with E-state index in [4.69, 9.17) is 14.9 Å². The molecule has 0 aliphatic heterocycles. The molecule has 184 valence electrons. The zero-order valence-electron chi connectivity index (χ0n) is 19.2. The average Bonchev–Trinajstić information content (AvgIpc) is 3.26. The molecule has 34 heavy (non-hydrogen) atoms. The topological polar surface area (TPSA) is 124 Å². The van der Waals surface area contributed by atoms with Crippen molar-refractivity contribution in [3.8, 4) is 17.2 Å². The highest BCUT2D eigenvalue weighted by Gasteiger charge is 2.33. The van der Waals surface area contributed by atoms with Crippen LogP contribution in [0.4, 0.5) is 13.2 Å². The van der Waals surface area contributed by atoms with Gasteiger partial charge in [0.1, 0.15) is 17.0 Å². The summed E-state index contributed by atoms with van der Waals surface area (Å²) in [6, 6.07) is 3.92. The zero-order chi connectivity index (χ0) is 25.2. The third kappa shape index (κ3) is 5.00. The van der Waals surface area contributed by atoms with E-state index in [1.165, 1.54) is 19.2 Å². The molecule has 0 aliphatic carbocycles. The number of nitrogens with zero attached hydrogens (tertiary/aromatic N) is 2. The fourth-order valence-corrected chi connectivity index (χ4v) is 3.51. The van der Waals surface area contributed by atoms with E-state index in [1.807, 2.05) is 13.8 Å². The third-order valence-corrected chi connectivity index (χ3v) is 5.69. The largest absolute Gasteiger partial charge is 0.494 e. The maximum atomic E-state index is 13.2. The van der Waals surface area contributed by atoms with Crippen LogP contribution in [0.1, 0.15) is 55.2 Å². The summed E-state index contributed by atoms with van der Waals surface area (Å²) in [5.41, 5.74) is 5.16. The number of benzene rings is 1. The number of fused-ring (bicyclic) bond motifs is 1. The van der Waals surface area contributed by atoms with E-state index in [9.17, 15) is 23.1 Å². The molecule has 8 nitrogen and oxygen atoms in total. The Morgan fingerprint density at radius 3 is 2.50 bits per heavy atom. The number of nitrogens with two attached hydrogens (primary N) is 1. The number of hydrogen-bond acceptors (Lipinski definition) is 7. The summed E-state index contributed by atoms with van der Waals surface area (Å²) in [6.07, 6.45) is -3.90. The molecule has 0 saturated heterocycles. The minimum absolute atomic E-state index is 0.00394. The van der Waals surface area contributed by atoms with Crippen LogP contribution in [0.25, 0.3) is 22.4 Å². The van der Waals surface area contributed by atoms with Crippen LogP contribution >= 0.6 is 0 Å². The number of amides is 1. The minimum Gasteiger partial charge on any atom is -0.494 e. The molecule has 1 amide bonds. The molecule has 3 aromatic rings. The van der Waals surface area contributed by atoms with Crippen LogP contribution in [-0.4, -0.2) is 40.7 Å². The summed E-state index contributed by atoms with van der Waals surface area (Å²) >= 11 is 0. The lowest BCUT2D eigenvalue weighted by atomic mass is 9.99. The molecule has 0 unspecified atom stereocenters. The number of aromatic nitrogens is 2. The van der Waals surface area contributed by atoms with Gasteiger partial charge in [0.2, 0.25) is 5.89 Å². The molecule has 0 fully saturated rings. The number of carbonyl (C=O) groups is 1. The van der Waals surface area contributed by atoms with Crippen molar-refractivity contribution in [1.29, 1.82) is 0 Å². The highest BCUT2D eigenvalue weighted by atomic mass is 19.4. The quantitative estimate of drug-likeness (QED) is 0.444. The van der Waals surface area contributed by atoms with E-state index in [1.54, 1.807) is 13.0 Å². The predicted molar refractivity (Wildman–Crippen MR) is 119 cm³/mol. The number of alkyl halides is 3. The molecule has 0 bridgehead atoms. The van der Waals surface area contributed by atoms with Gasteiger partial charge in [0, 0.05) is 10.9 Å². The number of hydrogen-bond donors (Lipinski definition) is 3. The van der Waals surface area contributed by atoms with E-state index >= 15 is 0 Å². The number of methoxy groups -OCH3 is 1. The highest BCUT2D eigenvalue weighted by Crippen LogP contribution is 2.37. The van der Waals surface area contributed by atoms with Crippen molar-refractivity contribution in [1.82, 2.24) is 15.3 Å². The monoisotopic (exact) mass is 480 g/mol. The second-order valence-electron chi connectivity index (χ2n) is 8.07. The van der Waals surface area contributed by atoms with Crippen molar-refractivity contribution in [2.75, 3.05) is 13.7 Å². The third-order valence-electron chi connectivity index (χ3n) is 5.69. The first-order valence-corrected chi connectivity index (χ1v) is 10.7. The first kappa shape index (κ1) is 25.4. The molecular formula is C23H27F3N4O4. The zero-order valence-corrected chi connectivity index (χ0v) is 19.2. The van der Waals surface area contributed by atoms with Gasteiger partial charge < -0.3 is 25.3 Å². The standard InChI is InChI=1S/C23H27F3N4O4/c1-5-11(2)15(10-31)28-21(32)19-20(12(3)27)34-22(30-19)14-6-8-16(33-4)18-13(14)7-9-17(29-18)23(24,25)26/h6-9,11-12,15,31H,5,10,27H2,1-4H3,(H,28,32)/t11-,12-,15+/m0/s1. The second-order valence-corrected chi connectivity index (χ2v) is 8.07. The molecule has 0 spiro atoms. The number of nitrogens with one attached hydrogen (secondary N) is 1. The molecule has 3 rings (SSSR count). The smallest absolute Gasteiger partial charge is 0.433 e. The van der Waals surface area contributed by atoms with Crippen molar-refractivity contribution in [3.63, 3.8) is 0 Å². The number of rotatable bonds is 8. The van der Waals surface area contributed by atoms with Gasteiger partial charge in [-0.05, 0) is 37.1 Å². The maximum absolute atomic E-state index is 13.2. The van der Waals surface area contributed by atoms with Crippen LogP contribution in [0.2, 0.25) is 0 Å². The Labute approximate surface area is 194 Å². The fourth-order valence-electron chi connectivity index (χ4n) is 3.51. The Morgan fingerprint density at radius 2 is 1.94 bits per heavy atom. The molecule has 11 heteroatoms. The molecule has 1 aromatic carbocycles. The lowest BCUT2D eigenvalue weighted by Crippen LogP contribution is -2.42. The van der Waals surface area contributed by atoms with Crippen LogP contribution in [0.5, 0.6) is 5.75 Å². The Bertz CT molecular complexity index is 1180. The predicted octanol–water partition coefficient (Wildman–Crippen LogP) is 4.07. The van der Waals surface area contributed by atoms with Crippen molar-refractivity contribution >= 4 is 16.8 Å². The van der Waals surface area contributed by atoms with E-state index < -0.39 is 29.9 Å². The van der Waals surface area contributed by atoms with Crippen LogP contribution in [0.15, 0.2) is 28.7 Å². The van der Waals surface area contributed by atoms with E-state index in [0.717, 1.165) is 12.5 Å². The summed E-state index contributed by atoms with van der Waals surface area (Å²) in [5.74, 6) is -0.315. The van der Waals surface area contributed by atoms with Crippen LogP contribution in [0.3, 0.4) is 0 Å². The lowest BCUT2D eigenvalue weighted by molar-refractivity contribution is -0.140. The lowest BCUT2D eigenvalue weighted by Gasteiger charge is -2.21. The molecule has 3 atom stereocenters. The van der Waals surface area contributed by atoms with Crippen molar-refractivity contribution in [3.05, 3.63) is 41.4 Å². The van der Waals surface area contributed by atoms with Gasteiger partial charge in [-0.25, -0.2) is 9.97 Å². The number of halogens is 3. The summed E-state index contributed by atoms with van der Waals surface area (Å²) in [4.78, 5) is 21.0. The number of carbonyl (C=O) groups excluding carboxylic acids is 1. The maximum Gasteiger partial charge on any atom is 0.433 e. The number of ether oxygens (including phenoxy) is 1. The van der Waals surface area contributed by atoms with Gasteiger partial charge in [-0.3, -0.25) is 4.79 Å². The van der Waals surface area contributed by atoms with Crippen molar-refractivity contribution in [2.45, 2.75) is 45.5 Å². The van der Waals surface area contributed by atoms with Crippen molar-refractivity contribution < 1.29 is 32.2 Å². The van der Waals surface area contributed by atoms with Gasteiger partial charge in [-0.1, -0.05) is 20.3 Å². The van der Waals surface area contributed by atoms with Crippen LogP contribution < -0.4 is 15.8 Å². The van der Waals surface area contributed by atoms with Crippen LogP contribution in [0, 0.1) is 5.92 Å². The molecule has 0 saturated carbocycles. The number of aliphatic hydroxyl groups excluding tert-OH is 1. The van der Waals surface area contributed by atoms with E-state index in [-0.39, 0.29) is 41.1 Å². The SMILES string of the molecule is CC[C@H](C)[C@@H](CO)NC(=O)c1nc(-c2ccc(OC)c3nc(C(F)(F)F)ccc23)oc1[C@H](C)N. The van der Waals surface area contributed by atoms with E-state index in [2.05, 4.69) is 15.3 Å².